The predicted octanol–water partition coefficient (Wildman–Crippen LogP) is 3.68. The van der Waals surface area contributed by atoms with E-state index in [9.17, 15) is 0 Å². The zero-order valence-corrected chi connectivity index (χ0v) is 11.2. The summed E-state index contributed by atoms with van der Waals surface area (Å²) in [5, 5.41) is 4.11. The molecule has 0 bridgehead atoms. The van der Waals surface area contributed by atoms with Gasteiger partial charge in [-0.2, -0.15) is 11.8 Å². The molecule has 1 aliphatic heterocycles. The van der Waals surface area contributed by atoms with Crippen LogP contribution in [0.4, 0.5) is 5.69 Å². The molecule has 0 saturated carbocycles. The van der Waals surface area contributed by atoms with Crippen LogP contribution in [-0.2, 0) is 0 Å². The molecule has 2 nitrogen and oxygen atoms in total. The number of pyridine rings is 1. The van der Waals surface area contributed by atoms with Gasteiger partial charge in [0, 0.05) is 23.7 Å². The first kappa shape index (κ1) is 12.1. The highest BCUT2D eigenvalue weighted by molar-refractivity contribution is 7.99. The van der Waals surface area contributed by atoms with Gasteiger partial charge in [-0.15, -0.1) is 0 Å². The minimum absolute atomic E-state index is 0.348. The number of hydrogen-bond donors (Lipinski definition) is 1. The molecule has 4 heteroatoms. The third-order valence-electron chi connectivity index (χ3n) is 3.19. The molecule has 1 aromatic heterocycles. The maximum absolute atomic E-state index is 5.88. The fourth-order valence-corrected chi connectivity index (χ4v) is 3.65. The SMILES string of the molecule is CC1(C)CCSCC1Nc1ccnc(Cl)c1. The van der Waals surface area contributed by atoms with Gasteiger partial charge in [-0.05, 0) is 29.7 Å². The van der Waals surface area contributed by atoms with E-state index in [-0.39, 0.29) is 0 Å². The van der Waals surface area contributed by atoms with Gasteiger partial charge in [-0.25, -0.2) is 4.98 Å². The largest absolute Gasteiger partial charge is 0.381 e. The van der Waals surface area contributed by atoms with Gasteiger partial charge in [0.2, 0.25) is 0 Å². The van der Waals surface area contributed by atoms with Crippen LogP contribution in [-0.4, -0.2) is 22.5 Å². The van der Waals surface area contributed by atoms with E-state index in [1.54, 1.807) is 6.20 Å². The van der Waals surface area contributed by atoms with Crippen molar-refractivity contribution in [3.63, 3.8) is 0 Å². The summed E-state index contributed by atoms with van der Waals surface area (Å²) in [5.41, 5.74) is 1.42. The molecule has 1 aromatic rings. The quantitative estimate of drug-likeness (QED) is 0.818. The van der Waals surface area contributed by atoms with Crippen LogP contribution in [0, 0.1) is 5.41 Å². The Morgan fingerprint density at radius 3 is 3.06 bits per heavy atom. The van der Waals surface area contributed by atoms with Crippen LogP contribution in [0.2, 0.25) is 5.15 Å². The lowest BCUT2D eigenvalue weighted by Crippen LogP contribution is -2.41. The van der Waals surface area contributed by atoms with Crippen molar-refractivity contribution in [3.05, 3.63) is 23.5 Å². The van der Waals surface area contributed by atoms with Gasteiger partial charge in [0.15, 0.2) is 0 Å². The summed E-state index contributed by atoms with van der Waals surface area (Å²) in [6.07, 6.45) is 3.00. The third-order valence-corrected chi connectivity index (χ3v) is 4.45. The molecule has 2 heterocycles. The maximum atomic E-state index is 5.88. The molecule has 0 spiro atoms. The molecular formula is C12H17ClN2S. The number of aromatic nitrogens is 1. The Labute approximate surface area is 106 Å². The van der Waals surface area contributed by atoms with Crippen LogP contribution >= 0.6 is 23.4 Å². The average Bonchev–Trinajstić information content (AvgIpc) is 2.21. The second-order valence-corrected chi connectivity index (χ2v) is 6.41. The van der Waals surface area contributed by atoms with Gasteiger partial charge in [-0.1, -0.05) is 25.4 Å². The molecule has 2 rings (SSSR count). The van der Waals surface area contributed by atoms with Crippen LogP contribution in [0.5, 0.6) is 0 Å². The minimum Gasteiger partial charge on any atom is -0.381 e. The molecule has 16 heavy (non-hydrogen) atoms. The van der Waals surface area contributed by atoms with E-state index in [1.807, 2.05) is 23.9 Å². The van der Waals surface area contributed by atoms with Gasteiger partial charge in [0.05, 0.1) is 0 Å². The molecule has 0 radical (unpaired) electrons. The molecular weight excluding hydrogens is 240 g/mol. The molecule has 1 N–H and O–H groups in total. The van der Waals surface area contributed by atoms with Crippen molar-refractivity contribution < 1.29 is 0 Å². The number of nitrogens with zero attached hydrogens (tertiary/aromatic N) is 1. The van der Waals surface area contributed by atoms with Crippen LogP contribution in [0.25, 0.3) is 0 Å². The highest BCUT2D eigenvalue weighted by Gasteiger charge is 2.32. The van der Waals surface area contributed by atoms with Gasteiger partial charge in [-0.3, -0.25) is 0 Å². The van der Waals surface area contributed by atoms with Crippen molar-refractivity contribution in [1.29, 1.82) is 0 Å². The molecule has 1 aliphatic rings. The monoisotopic (exact) mass is 256 g/mol. The molecule has 88 valence electrons. The molecule has 1 unspecified atom stereocenters. The van der Waals surface area contributed by atoms with Gasteiger partial charge in [0.1, 0.15) is 5.15 Å². The smallest absolute Gasteiger partial charge is 0.131 e. The lowest BCUT2D eigenvalue weighted by Gasteiger charge is -2.39. The summed E-state index contributed by atoms with van der Waals surface area (Å²) in [4.78, 5) is 3.99. The van der Waals surface area contributed by atoms with Crippen molar-refractivity contribution in [3.8, 4) is 0 Å². The number of anilines is 1. The van der Waals surface area contributed by atoms with E-state index in [1.165, 1.54) is 12.2 Å². The fourth-order valence-electron chi connectivity index (χ4n) is 1.87. The van der Waals surface area contributed by atoms with E-state index in [0.717, 1.165) is 11.4 Å². The summed E-state index contributed by atoms with van der Waals surface area (Å²) < 4.78 is 0. The normalized spacial score (nSPS) is 24.1. The first-order valence-electron chi connectivity index (χ1n) is 5.54. The zero-order valence-electron chi connectivity index (χ0n) is 9.66. The van der Waals surface area contributed by atoms with Gasteiger partial charge < -0.3 is 5.32 Å². The van der Waals surface area contributed by atoms with E-state index in [0.29, 0.717) is 16.6 Å². The molecule has 1 atom stereocenters. The van der Waals surface area contributed by atoms with Crippen molar-refractivity contribution in [2.45, 2.75) is 26.3 Å². The van der Waals surface area contributed by atoms with E-state index in [2.05, 4.69) is 24.1 Å². The molecule has 1 saturated heterocycles. The van der Waals surface area contributed by atoms with Crippen LogP contribution < -0.4 is 5.32 Å². The second-order valence-electron chi connectivity index (χ2n) is 4.88. The second kappa shape index (κ2) is 4.84. The number of hydrogen-bond acceptors (Lipinski definition) is 3. The third kappa shape index (κ3) is 2.83. The lowest BCUT2D eigenvalue weighted by molar-refractivity contribution is 0.305. The van der Waals surface area contributed by atoms with Crippen LogP contribution in [0.15, 0.2) is 18.3 Å². The number of thioether (sulfide) groups is 1. The average molecular weight is 257 g/mol. The first-order valence-corrected chi connectivity index (χ1v) is 7.07. The standard InChI is InChI=1S/C12H17ClN2S/c1-12(2)4-6-16-8-10(12)15-9-3-5-14-11(13)7-9/h3,5,7,10H,4,6,8H2,1-2H3,(H,14,15). The summed E-state index contributed by atoms with van der Waals surface area (Å²) in [5.74, 6) is 2.43. The maximum Gasteiger partial charge on any atom is 0.131 e. The molecule has 0 aliphatic carbocycles. The Morgan fingerprint density at radius 2 is 2.38 bits per heavy atom. The topological polar surface area (TPSA) is 24.9 Å². The fraction of sp³-hybridized carbons (Fsp3) is 0.583. The van der Waals surface area contributed by atoms with Crippen molar-refractivity contribution in [1.82, 2.24) is 4.98 Å². The van der Waals surface area contributed by atoms with Crippen molar-refractivity contribution in [2.24, 2.45) is 5.41 Å². The van der Waals surface area contributed by atoms with Crippen molar-refractivity contribution in [2.75, 3.05) is 16.8 Å². The number of rotatable bonds is 2. The number of nitrogens with one attached hydrogen (secondary N) is 1. The first-order chi connectivity index (χ1) is 7.58. The van der Waals surface area contributed by atoms with Crippen LogP contribution in [0.3, 0.4) is 0 Å². The Hall–Kier alpha value is -0.410. The summed E-state index contributed by atoms with van der Waals surface area (Å²) in [7, 11) is 0. The van der Waals surface area contributed by atoms with E-state index >= 15 is 0 Å². The minimum atomic E-state index is 0.348. The molecule has 1 fully saturated rings. The summed E-state index contributed by atoms with van der Waals surface area (Å²) in [6.45, 7) is 4.65. The zero-order chi connectivity index (χ0) is 11.6. The highest BCUT2D eigenvalue weighted by atomic mass is 35.5. The Kier molecular flexibility index (Phi) is 3.65. The molecule has 0 amide bonds. The van der Waals surface area contributed by atoms with Gasteiger partial charge in [0.25, 0.3) is 0 Å². The summed E-state index contributed by atoms with van der Waals surface area (Å²) in [6, 6.07) is 4.36. The Bertz CT molecular complexity index is 368. The summed E-state index contributed by atoms with van der Waals surface area (Å²) >= 11 is 7.89. The molecule has 0 aromatic carbocycles. The Morgan fingerprint density at radius 1 is 1.56 bits per heavy atom. The highest BCUT2D eigenvalue weighted by Crippen LogP contribution is 2.36. The van der Waals surface area contributed by atoms with Gasteiger partial charge >= 0.3 is 0 Å². The Balaban J connectivity index is 2.08. The number of halogens is 1. The lowest BCUT2D eigenvalue weighted by atomic mass is 9.82. The van der Waals surface area contributed by atoms with Crippen LogP contribution in [0.1, 0.15) is 20.3 Å². The predicted molar refractivity (Wildman–Crippen MR) is 72.4 cm³/mol. The van der Waals surface area contributed by atoms with E-state index < -0.39 is 0 Å². The van der Waals surface area contributed by atoms with E-state index in [4.69, 9.17) is 11.6 Å². The van der Waals surface area contributed by atoms with Crippen molar-refractivity contribution >= 4 is 29.1 Å².